The van der Waals surface area contributed by atoms with Gasteiger partial charge in [0, 0.05) is 12.6 Å². The van der Waals surface area contributed by atoms with Crippen LogP contribution in [0, 0.1) is 12.7 Å². The van der Waals surface area contributed by atoms with Gasteiger partial charge < -0.3 is 4.74 Å². The standard InChI is InChI=1S/C18H19BrFN7O4S/c1-9-13(25-32(4,29)30)5-6-14(22-9)15-17(27(3)26-24-15)23-18(28)31-10(2)12-7-11(20)8-21-16(12)19/h5-8,10,25H,1-4H3,(H,23,28). The molecule has 14 heteroatoms. The summed E-state index contributed by atoms with van der Waals surface area (Å²) in [7, 11) is -1.90. The van der Waals surface area contributed by atoms with Crippen LogP contribution in [0.4, 0.5) is 20.7 Å². The molecule has 2 N–H and O–H groups in total. The van der Waals surface area contributed by atoms with E-state index < -0.39 is 28.0 Å². The lowest BCUT2D eigenvalue weighted by Gasteiger charge is -2.15. The zero-order valence-corrected chi connectivity index (χ0v) is 19.8. The Morgan fingerprint density at radius 1 is 1.34 bits per heavy atom. The quantitative estimate of drug-likeness (QED) is 0.465. The van der Waals surface area contributed by atoms with Crippen LogP contribution in [0.2, 0.25) is 0 Å². The zero-order chi connectivity index (χ0) is 23.6. The summed E-state index contributed by atoms with van der Waals surface area (Å²) in [6.45, 7) is 3.20. The van der Waals surface area contributed by atoms with Crippen molar-refractivity contribution in [3.8, 4) is 11.4 Å². The lowest BCUT2D eigenvalue weighted by Crippen LogP contribution is -2.19. The Morgan fingerprint density at radius 3 is 2.72 bits per heavy atom. The molecule has 0 aromatic carbocycles. The second kappa shape index (κ2) is 9.16. The Labute approximate surface area is 191 Å². The first-order chi connectivity index (χ1) is 14.9. The number of carbonyl (C=O) groups excluding carboxylic acids is 1. The molecule has 3 aromatic rings. The van der Waals surface area contributed by atoms with Crippen LogP contribution in [0.1, 0.15) is 24.3 Å². The van der Waals surface area contributed by atoms with Gasteiger partial charge in [-0.15, -0.1) is 5.10 Å². The SMILES string of the molecule is Cc1nc(-c2nnn(C)c2NC(=O)OC(C)c2cc(F)cnc2Br)ccc1NS(C)(=O)=O. The molecule has 0 aliphatic carbocycles. The van der Waals surface area contributed by atoms with Crippen LogP contribution in [0.5, 0.6) is 0 Å². The van der Waals surface area contributed by atoms with Crippen molar-refractivity contribution in [2.45, 2.75) is 20.0 Å². The summed E-state index contributed by atoms with van der Waals surface area (Å²) in [5, 5.41) is 10.5. The molecule has 1 amide bonds. The molecule has 11 nitrogen and oxygen atoms in total. The van der Waals surface area contributed by atoms with Gasteiger partial charge in [-0.2, -0.15) is 0 Å². The van der Waals surface area contributed by atoms with Crippen LogP contribution >= 0.6 is 15.9 Å². The number of anilines is 2. The van der Waals surface area contributed by atoms with Gasteiger partial charge in [0.15, 0.2) is 11.5 Å². The van der Waals surface area contributed by atoms with Crippen LogP contribution in [-0.4, -0.2) is 45.7 Å². The van der Waals surface area contributed by atoms with Crippen LogP contribution in [0.15, 0.2) is 29.0 Å². The van der Waals surface area contributed by atoms with E-state index in [1.165, 1.54) is 16.8 Å². The lowest BCUT2D eigenvalue weighted by atomic mass is 10.2. The number of carbonyl (C=O) groups is 1. The lowest BCUT2D eigenvalue weighted by molar-refractivity contribution is 0.120. The molecule has 0 saturated carbocycles. The van der Waals surface area contributed by atoms with Gasteiger partial charge in [0.05, 0.1) is 29.5 Å². The molecule has 0 spiro atoms. The maximum absolute atomic E-state index is 13.5. The van der Waals surface area contributed by atoms with Crippen molar-refractivity contribution in [3.63, 3.8) is 0 Å². The Balaban J connectivity index is 1.81. The summed E-state index contributed by atoms with van der Waals surface area (Å²) in [6, 6.07) is 4.29. The predicted octanol–water partition coefficient (Wildman–Crippen LogP) is 3.16. The average molecular weight is 528 g/mol. The zero-order valence-electron chi connectivity index (χ0n) is 17.4. The molecule has 3 heterocycles. The predicted molar refractivity (Wildman–Crippen MR) is 118 cm³/mol. The molecule has 0 fully saturated rings. The van der Waals surface area contributed by atoms with Crippen molar-refractivity contribution in [1.29, 1.82) is 0 Å². The third-order valence-corrected chi connectivity index (χ3v) is 5.48. The number of halogens is 2. The highest BCUT2D eigenvalue weighted by Crippen LogP contribution is 2.28. The van der Waals surface area contributed by atoms with E-state index in [1.807, 2.05) is 0 Å². The monoisotopic (exact) mass is 527 g/mol. The largest absolute Gasteiger partial charge is 0.441 e. The van der Waals surface area contributed by atoms with Crippen molar-refractivity contribution < 1.29 is 22.3 Å². The number of aryl methyl sites for hydroxylation is 2. The molecule has 3 aromatic heterocycles. The molecule has 0 radical (unpaired) electrons. The highest BCUT2D eigenvalue weighted by atomic mass is 79.9. The minimum Gasteiger partial charge on any atom is -0.441 e. The fourth-order valence-corrected chi connectivity index (χ4v) is 3.90. The topological polar surface area (TPSA) is 141 Å². The van der Waals surface area contributed by atoms with Crippen molar-refractivity contribution in [1.82, 2.24) is 25.0 Å². The van der Waals surface area contributed by atoms with Gasteiger partial charge in [-0.25, -0.2) is 32.3 Å². The summed E-state index contributed by atoms with van der Waals surface area (Å²) in [6.07, 6.45) is 0.446. The number of sulfonamides is 1. The van der Waals surface area contributed by atoms with E-state index in [0.717, 1.165) is 12.5 Å². The van der Waals surface area contributed by atoms with Crippen LogP contribution in [0.3, 0.4) is 0 Å². The van der Waals surface area contributed by atoms with Gasteiger partial charge in [-0.1, -0.05) is 5.21 Å². The van der Waals surface area contributed by atoms with Gasteiger partial charge in [-0.3, -0.25) is 10.0 Å². The Kier molecular flexibility index (Phi) is 6.74. The molecular formula is C18H19BrFN7O4S. The molecule has 3 rings (SSSR count). The fourth-order valence-electron chi connectivity index (χ4n) is 2.74. The highest BCUT2D eigenvalue weighted by Gasteiger charge is 2.21. The molecule has 32 heavy (non-hydrogen) atoms. The van der Waals surface area contributed by atoms with E-state index >= 15 is 0 Å². The summed E-state index contributed by atoms with van der Waals surface area (Å²) < 4.78 is 45.8. The average Bonchev–Trinajstić information content (AvgIpc) is 3.04. The minimum absolute atomic E-state index is 0.203. The molecule has 0 aliphatic rings. The van der Waals surface area contributed by atoms with E-state index in [0.29, 0.717) is 27.2 Å². The Bertz CT molecular complexity index is 1280. The fraction of sp³-hybridized carbons (Fsp3) is 0.278. The van der Waals surface area contributed by atoms with Gasteiger partial charge in [0.25, 0.3) is 0 Å². The van der Waals surface area contributed by atoms with Crippen molar-refractivity contribution >= 4 is 43.6 Å². The molecule has 0 saturated heterocycles. The summed E-state index contributed by atoms with van der Waals surface area (Å²) in [5.41, 5.74) is 1.69. The highest BCUT2D eigenvalue weighted by molar-refractivity contribution is 9.10. The van der Waals surface area contributed by atoms with E-state index in [4.69, 9.17) is 4.74 Å². The van der Waals surface area contributed by atoms with Crippen molar-refractivity contribution in [3.05, 3.63) is 46.1 Å². The number of pyridine rings is 2. The van der Waals surface area contributed by atoms with E-state index in [-0.39, 0.29) is 11.5 Å². The molecule has 0 aliphatic heterocycles. The van der Waals surface area contributed by atoms with E-state index in [9.17, 15) is 17.6 Å². The Morgan fingerprint density at radius 2 is 2.06 bits per heavy atom. The Hall–Kier alpha value is -3.13. The number of hydrogen-bond donors (Lipinski definition) is 2. The number of nitrogens with zero attached hydrogens (tertiary/aromatic N) is 5. The summed E-state index contributed by atoms with van der Waals surface area (Å²) >= 11 is 3.20. The van der Waals surface area contributed by atoms with Gasteiger partial charge in [0.2, 0.25) is 10.0 Å². The third-order valence-electron chi connectivity index (χ3n) is 4.23. The van der Waals surface area contributed by atoms with Crippen molar-refractivity contribution in [2.75, 3.05) is 16.3 Å². The third kappa shape index (κ3) is 5.56. The normalized spacial score (nSPS) is 12.3. The van der Waals surface area contributed by atoms with E-state index in [1.54, 1.807) is 27.0 Å². The first-order valence-electron chi connectivity index (χ1n) is 9.08. The summed E-state index contributed by atoms with van der Waals surface area (Å²) in [4.78, 5) is 20.7. The minimum atomic E-state index is -3.46. The molecule has 0 bridgehead atoms. The first kappa shape index (κ1) is 23.5. The smallest absolute Gasteiger partial charge is 0.413 e. The number of aromatic nitrogens is 5. The number of ether oxygens (including phenoxy) is 1. The van der Waals surface area contributed by atoms with Crippen molar-refractivity contribution in [2.24, 2.45) is 7.05 Å². The van der Waals surface area contributed by atoms with E-state index in [2.05, 4.69) is 46.2 Å². The molecule has 170 valence electrons. The van der Waals surface area contributed by atoms with Crippen LogP contribution < -0.4 is 10.0 Å². The second-order valence-corrected chi connectivity index (χ2v) is 9.32. The first-order valence-corrected chi connectivity index (χ1v) is 11.8. The summed E-state index contributed by atoms with van der Waals surface area (Å²) in [5.74, 6) is -0.359. The van der Waals surface area contributed by atoms with Gasteiger partial charge in [-0.05, 0) is 48.0 Å². The maximum Gasteiger partial charge on any atom is 0.413 e. The van der Waals surface area contributed by atoms with Gasteiger partial charge in [0.1, 0.15) is 16.5 Å². The van der Waals surface area contributed by atoms with Gasteiger partial charge >= 0.3 is 6.09 Å². The number of amides is 1. The second-order valence-electron chi connectivity index (χ2n) is 6.82. The molecule has 1 unspecified atom stereocenters. The maximum atomic E-state index is 13.5. The number of nitrogens with one attached hydrogen (secondary N) is 2. The number of hydrogen-bond acceptors (Lipinski definition) is 8. The number of rotatable bonds is 6. The van der Waals surface area contributed by atoms with Crippen LogP contribution in [0.25, 0.3) is 11.4 Å². The molecule has 1 atom stereocenters. The van der Waals surface area contributed by atoms with Crippen LogP contribution in [-0.2, 0) is 21.8 Å². The molecular weight excluding hydrogens is 509 g/mol.